The van der Waals surface area contributed by atoms with Gasteiger partial charge in [0.15, 0.2) is 0 Å². The molecule has 6 heteroatoms. The molecule has 0 aromatic rings. The fraction of sp³-hybridized carbons (Fsp3) is 1.00. The molecule has 0 aromatic heterocycles. The van der Waals surface area contributed by atoms with E-state index in [1.165, 1.54) is 0 Å². The Hall–Kier alpha value is 0.410. The van der Waals surface area contributed by atoms with E-state index in [0.717, 1.165) is 26.1 Å². The third-order valence-electron chi connectivity index (χ3n) is 2.73. The molecule has 0 spiro atoms. The fourth-order valence-corrected chi connectivity index (χ4v) is 2.36. The highest BCUT2D eigenvalue weighted by Gasteiger charge is 2.10. The molecule has 0 aliphatic heterocycles. The fourth-order valence-electron chi connectivity index (χ4n) is 1.85. The van der Waals surface area contributed by atoms with Crippen molar-refractivity contribution in [2.24, 2.45) is 0 Å². The Morgan fingerprint density at radius 3 is 2.26 bits per heavy atom. The van der Waals surface area contributed by atoms with Gasteiger partial charge < -0.3 is 18.7 Å². The van der Waals surface area contributed by atoms with Gasteiger partial charge in [0.25, 0.3) is 0 Å². The van der Waals surface area contributed by atoms with Crippen LogP contribution in [0.25, 0.3) is 0 Å². The van der Waals surface area contributed by atoms with E-state index in [9.17, 15) is 0 Å². The molecule has 0 amide bonds. The maximum absolute atomic E-state index is 5.94. The van der Waals surface area contributed by atoms with Crippen LogP contribution < -0.4 is 0 Å². The van der Waals surface area contributed by atoms with Crippen LogP contribution >= 0.6 is 0 Å². The maximum Gasteiger partial charge on any atom is 0.0743 e. The van der Waals surface area contributed by atoms with Crippen LogP contribution in [0.5, 0.6) is 0 Å². The highest BCUT2D eigenvalue weighted by molar-refractivity contribution is 8.25. The van der Waals surface area contributed by atoms with Gasteiger partial charge in [0.1, 0.15) is 0 Å². The quantitative estimate of drug-likeness (QED) is 0.573. The maximum atomic E-state index is 5.94. The Bertz CT molecular complexity index is 253. The first-order chi connectivity index (χ1) is 8.81. The average molecular weight is 311 g/mol. The molecule has 0 aromatic carbocycles. The number of ether oxygens (including phenoxy) is 1. The number of likely N-dealkylation sites (N-methyl/N-ethyl adjacent to an activating group) is 2. The van der Waals surface area contributed by atoms with Crippen molar-refractivity contribution >= 4 is 20.9 Å². The third-order valence-corrected chi connectivity index (χ3v) is 3.51. The summed E-state index contributed by atoms with van der Waals surface area (Å²) >= 11 is 4.98. The zero-order valence-corrected chi connectivity index (χ0v) is 14.9. The zero-order valence-electron chi connectivity index (χ0n) is 13.2. The molecule has 0 saturated carbocycles. The van der Waals surface area contributed by atoms with Gasteiger partial charge >= 0.3 is 0 Å². The molecule has 0 rings (SSSR count). The Morgan fingerprint density at radius 1 is 1.11 bits per heavy atom. The molecule has 0 saturated heterocycles. The minimum Gasteiger partial charge on any atom is -0.374 e. The number of hydrogen-bond donors (Lipinski definition) is 0. The molecular formula is C13H30N2O2S2. The van der Waals surface area contributed by atoms with Crippen molar-refractivity contribution < 1.29 is 8.92 Å². The molecule has 0 N–H and O–H groups in total. The van der Waals surface area contributed by atoms with Crippen molar-refractivity contribution in [3.8, 4) is 0 Å². The van der Waals surface area contributed by atoms with E-state index in [2.05, 4.69) is 44.8 Å². The molecule has 4 nitrogen and oxygen atoms in total. The van der Waals surface area contributed by atoms with Crippen molar-refractivity contribution in [3.63, 3.8) is 0 Å². The summed E-state index contributed by atoms with van der Waals surface area (Å²) < 4.78 is 11.3. The van der Waals surface area contributed by atoms with Gasteiger partial charge in [-0.1, -0.05) is 0 Å². The van der Waals surface area contributed by atoms with Gasteiger partial charge in [0.05, 0.1) is 18.8 Å². The second-order valence-corrected chi connectivity index (χ2v) is 7.78. The Labute approximate surface area is 126 Å². The summed E-state index contributed by atoms with van der Waals surface area (Å²) in [6.45, 7) is 7.89. The normalized spacial score (nSPS) is 16.8. The largest absolute Gasteiger partial charge is 0.374 e. The van der Waals surface area contributed by atoms with Crippen molar-refractivity contribution in [1.82, 2.24) is 9.80 Å². The van der Waals surface area contributed by atoms with Crippen molar-refractivity contribution in [2.45, 2.75) is 32.5 Å². The van der Waals surface area contributed by atoms with E-state index in [-0.39, 0.29) is 21.9 Å². The number of nitrogens with zero attached hydrogens (tertiary/aromatic N) is 2. The van der Waals surface area contributed by atoms with Gasteiger partial charge in [-0.3, -0.25) is 0 Å². The summed E-state index contributed by atoms with van der Waals surface area (Å²) in [5, 5.41) is 0. The van der Waals surface area contributed by atoms with Crippen LogP contribution in [-0.2, 0) is 29.8 Å². The molecule has 0 aliphatic carbocycles. The lowest BCUT2D eigenvalue weighted by Crippen LogP contribution is -2.31. The second-order valence-electron chi connectivity index (χ2n) is 5.33. The van der Waals surface area contributed by atoms with Gasteiger partial charge in [0, 0.05) is 35.6 Å². The smallest absolute Gasteiger partial charge is 0.0743 e. The van der Waals surface area contributed by atoms with Crippen LogP contribution in [0.2, 0.25) is 0 Å². The topological polar surface area (TPSA) is 24.9 Å². The molecule has 0 aliphatic rings. The summed E-state index contributed by atoms with van der Waals surface area (Å²) in [6, 6.07) is 0. The van der Waals surface area contributed by atoms with E-state index >= 15 is 0 Å². The summed E-state index contributed by atoms with van der Waals surface area (Å²) in [5.41, 5.74) is 0. The van der Waals surface area contributed by atoms with Crippen molar-refractivity contribution in [3.05, 3.63) is 0 Å². The minimum atomic E-state index is -0.331. The number of rotatable bonds is 11. The summed E-state index contributed by atoms with van der Waals surface area (Å²) in [5.74, 6) is 0. The molecule has 3 unspecified atom stereocenters. The zero-order chi connectivity index (χ0) is 14.8. The predicted octanol–water partition coefficient (Wildman–Crippen LogP) is 1.31. The first-order valence-electron chi connectivity index (χ1n) is 6.76. The molecule has 19 heavy (non-hydrogen) atoms. The SMILES string of the molecule is CC(CCN(C)CCOS(C)=S)OC(C)CN(C)C. The average Bonchev–Trinajstić information content (AvgIpc) is 2.24. The first kappa shape index (κ1) is 19.4. The lowest BCUT2D eigenvalue weighted by molar-refractivity contribution is -0.0107. The van der Waals surface area contributed by atoms with Crippen LogP contribution in [0.1, 0.15) is 20.3 Å². The molecule has 0 bridgehead atoms. The van der Waals surface area contributed by atoms with Crippen LogP contribution in [0.15, 0.2) is 0 Å². The molecule has 3 atom stereocenters. The van der Waals surface area contributed by atoms with Gasteiger partial charge in [-0.2, -0.15) is 0 Å². The molecular weight excluding hydrogens is 280 g/mol. The van der Waals surface area contributed by atoms with Gasteiger partial charge in [-0.05, 0) is 52.6 Å². The lowest BCUT2D eigenvalue weighted by Gasteiger charge is -2.24. The molecule has 116 valence electrons. The van der Waals surface area contributed by atoms with E-state index in [1.807, 2.05) is 6.26 Å². The highest BCUT2D eigenvalue weighted by atomic mass is 32.8. The van der Waals surface area contributed by atoms with Crippen LogP contribution in [0, 0.1) is 0 Å². The minimum absolute atomic E-state index is 0.279. The van der Waals surface area contributed by atoms with E-state index in [1.54, 1.807) is 0 Å². The third kappa shape index (κ3) is 13.2. The summed E-state index contributed by atoms with van der Waals surface area (Å²) in [7, 11) is 5.91. The Kier molecular flexibility index (Phi) is 11.4. The first-order valence-corrected chi connectivity index (χ1v) is 9.25. The van der Waals surface area contributed by atoms with Crippen LogP contribution in [-0.4, -0.2) is 75.6 Å². The number of hydrogen-bond acceptors (Lipinski definition) is 5. The van der Waals surface area contributed by atoms with Crippen molar-refractivity contribution in [2.75, 3.05) is 53.6 Å². The predicted molar refractivity (Wildman–Crippen MR) is 87.3 cm³/mol. The summed E-state index contributed by atoms with van der Waals surface area (Å²) in [4.78, 5) is 4.41. The van der Waals surface area contributed by atoms with Gasteiger partial charge in [-0.15, -0.1) is 0 Å². The monoisotopic (exact) mass is 310 g/mol. The summed E-state index contributed by atoms with van der Waals surface area (Å²) in [6.07, 6.45) is 3.52. The van der Waals surface area contributed by atoms with E-state index in [4.69, 9.17) is 20.1 Å². The molecule has 0 radical (unpaired) electrons. The second kappa shape index (κ2) is 11.1. The van der Waals surface area contributed by atoms with E-state index < -0.39 is 0 Å². The van der Waals surface area contributed by atoms with Gasteiger partial charge in [0.2, 0.25) is 0 Å². The Morgan fingerprint density at radius 2 is 1.74 bits per heavy atom. The highest BCUT2D eigenvalue weighted by Crippen LogP contribution is 2.04. The van der Waals surface area contributed by atoms with Crippen molar-refractivity contribution in [1.29, 1.82) is 0 Å². The lowest BCUT2D eigenvalue weighted by atomic mass is 10.2. The van der Waals surface area contributed by atoms with Crippen LogP contribution in [0.4, 0.5) is 0 Å². The molecule has 0 heterocycles. The van der Waals surface area contributed by atoms with E-state index in [0.29, 0.717) is 6.61 Å². The molecule has 0 fully saturated rings. The van der Waals surface area contributed by atoms with Gasteiger partial charge in [-0.25, -0.2) is 0 Å². The standard InChI is InChI=1S/C13H30N2O2S2/c1-12(17-13(2)11-14(3)4)7-8-15(5)9-10-16-19(6)18/h12-13H,7-11H2,1-6H3. The van der Waals surface area contributed by atoms with Crippen LogP contribution in [0.3, 0.4) is 0 Å². The Balaban J connectivity index is 3.65.